The highest BCUT2D eigenvalue weighted by Crippen LogP contribution is 2.25. The SMILES string of the molecule is CCO[Si](C)(OCC)OC(C)Oc1cccc(-c2ccccc2)c1. The summed E-state index contributed by atoms with van der Waals surface area (Å²) >= 11 is 0. The van der Waals surface area contributed by atoms with Crippen molar-refractivity contribution in [2.45, 2.75) is 33.6 Å². The van der Waals surface area contributed by atoms with Gasteiger partial charge >= 0.3 is 8.80 Å². The molecule has 0 fully saturated rings. The van der Waals surface area contributed by atoms with Gasteiger partial charge in [-0.15, -0.1) is 0 Å². The average molecular weight is 346 g/mol. The first-order valence-corrected chi connectivity index (χ1v) is 10.6. The molecule has 1 atom stereocenters. The van der Waals surface area contributed by atoms with Gasteiger partial charge in [0.05, 0.1) is 0 Å². The van der Waals surface area contributed by atoms with Gasteiger partial charge in [0, 0.05) is 19.8 Å². The third kappa shape index (κ3) is 5.45. The number of ether oxygens (including phenoxy) is 1. The second-order valence-corrected chi connectivity index (χ2v) is 7.96. The third-order valence-corrected chi connectivity index (χ3v) is 5.82. The predicted molar refractivity (Wildman–Crippen MR) is 97.9 cm³/mol. The van der Waals surface area contributed by atoms with Gasteiger partial charge in [-0.3, -0.25) is 0 Å². The van der Waals surface area contributed by atoms with E-state index in [0.717, 1.165) is 16.9 Å². The van der Waals surface area contributed by atoms with Crippen LogP contribution in [0.4, 0.5) is 0 Å². The molecule has 0 spiro atoms. The van der Waals surface area contributed by atoms with E-state index in [1.54, 1.807) is 0 Å². The van der Waals surface area contributed by atoms with Gasteiger partial charge in [0.15, 0.2) is 6.29 Å². The van der Waals surface area contributed by atoms with Gasteiger partial charge in [-0.1, -0.05) is 42.5 Å². The van der Waals surface area contributed by atoms with Crippen molar-refractivity contribution in [3.8, 4) is 16.9 Å². The number of benzene rings is 2. The molecule has 0 bridgehead atoms. The Balaban J connectivity index is 2.05. The highest BCUT2D eigenvalue weighted by molar-refractivity contribution is 6.59. The van der Waals surface area contributed by atoms with Crippen LogP contribution in [0.2, 0.25) is 6.55 Å². The van der Waals surface area contributed by atoms with E-state index in [1.165, 1.54) is 0 Å². The maximum atomic E-state index is 5.94. The van der Waals surface area contributed by atoms with Gasteiger partial charge in [0.2, 0.25) is 0 Å². The molecule has 0 saturated carbocycles. The van der Waals surface area contributed by atoms with Crippen LogP contribution >= 0.6 is 0 Å². The molecule has 1 unspecified atom stereocenters. The van der Waals surface area contributed by atoms with E-state index in [2.05, 4.69) is 18.2 Å². The van der Waals surface area contributed by atoms with Crippen molar-refractivity contribution in [3.63, 3.8) is 0 Å². The molecule has 2 aromatic carbocycles. The molecule has 0 heterocycles. The Hall–Kier alpha value is -1.66. The van der Waals surface area contributed by atoms with Crippen molar-refractivity contribution < 1.29 is 18.0 Å². The maximum Gasteiger partial charge on any atom is 0.500 e. The van der Waals surface area contributed by atoms with Gasteiger partial charge in [0.1, 0.15) is 5.75 Å². The zero-order chi connectivity index (χ0) is 17.4. The molecule has 0 saturated heterocycles. The second kappa shape index (κ2) is 8.99. The number of hydrogen-bond donors (Lipinski definition) is 0. The highest BCUT2D eigenvalue weighted by atomic mass is 28.4. The summed E-state index contributed by atoms with van der Waals surface area (Å²) < 4.78 is 23.2. The van der Waals surface area contributed by atoms with Crippen LogP contribution in [-0.2, 0) is 13.3 Å². The largest absolute Gasteiger partial charge is 0.500 e. The standard InChI is InChI=1S/C19H26O4Si/c1-5-20-24(4,21-6-2)23-16(3)22-19-14-10-13-18(15-19)17-11-8-7-9-12-17/h7-16H,5-6H2,1-4H3. The summed E-state index contributed by atoms with van der Waals surface area (Å²) in [5.74, 6) is 0.758. The van der Waals surface area contributed by atoms with Crippen LogP contribution in [0.15, 0.2) is 54.6 Å². The summed E-state index contributed by atoms with van der Waals surface area (Å²) in [5, 5.41) is 0. The molecule has 2 rings (SSSR count). The van der Waals surface area contributed by atoms with Crippen LogP contribution in [-0.4, -0.2) is 28.3 Å². The molecule has 0 amide bonds. The summed E-state index contributed by atoms with van der Waals surface area (Å²) in [7, 11) is -2.67. The Labute approximate surface area is 145 Å². The molecule has 4 nitrogen and oxygen atoms in total. The predicted octanol–water partition coefficient (Wildman–Crippen LogP) is 4.74. The molecule has 5 heteroatoms. The van der Waals surface area contributed by atoms with Crippen LogP contribution in [0.5, 0.6) is 5.75 Å². The smallest absolute Gasteiger partial charge is 0.466 e. The Morgan fingerprint density at radius 1 is 0.875 bits per heavy atom. The lowest BCUT2D eigenvalue weighted by molar-refractivity contribution is -0.0456. The highest BCUT2D eigenvalue weighted by Gasteiger charge is 2.36. The molecule has 24 heavy (non-hydrogen) atoms. The minimum absolute atomic E-state index is 0.453. The minimum Gasteiger partial charge on any atom is -0.466 e. The molecular formula is C19H26O4Si. The number of hydrogen-bond acceptors (Lipinski definition) is 4. The van der Waals surface area contributed by atoms with Crippen molar-refractivity contribution in [1.82, 2.24) is 0 Å². The van der Waals surface area contributed by atoms with Gasteiger partial charge in [0.25, 0.3) is 0 Å². The molecule has 0 aromatic heterocycles. The lowest BCUT2D eigenvalue weighted by Crippen LogP contribution is -2.46. The first-order valence-electron chi connectivity index (χ1n) is 8.34. The zero-order valence-corrected chi connectivity index (χ0v) is 15.8. The first-order chi connectivity index (χ1) is 11.6. The minimum atomic E-state index is -2.67. The Kier molecular flexibility index (Phi) is 6.99. The van der Waals surface area contributed by atoms with E-state index >= 15 is 0 Å². The maximum absolute atomic E-state index is 5.94. The summed E-state index contributed by atoms with van der Waals surface area (Å²) in [5.41, 5.74) is 2.26. The Morgan fingerprint density at radius 2 is 1.50 bits per heavy atom. The van der Waals surface area contributed by atoms with E-state index in [1.807, 2.05) is 63.7 Å². The van der Waals surface area contributed by atoms with Crippen LogP contribution in [0.25, 0.3) is 11.1 Å². The van der Waals surface area contributed by atoms with Crippen molar-refractivity contribution in [2.75, 3.05) is 13.2 Å². The summed E-state index contributed by atoms with van der Waals surface area (Å²) in [6, 6.07) is 18.2. The summed E-state index contributed by atoms with van der Waals surface area (Å²) in [4.78, 5) is 0. The topological polar surface area (TPSA) is 36.9 Å². The summed E-state index contributed by atoms with van der Waals surface area (Å²) in [6.07, 6.45) is -0.453. The van der Waals surface area contributed by atoms with E-state index in [4.69, 9.17) is 18.0 Å². The molecule has 0 radical (unpaired) electrons. The fourth-order valence-electron chi connectivity index (χ4n) is 2.53. The summed E-state index contributed by atoms with van der Waals surface area (Å²) in [6.45, 7) is 8.72. The van der Waals surface area contributed by atoms with Crippen LogP contribution in [0, 0.1) is 0 Å². The third-order valence-electron chi connectivity index (χ3n) is 3.44. The number of rotatable bonds is 9. The van der Waals surface area contributed by atoms with Crippen LogP contribution < -0.4 is 4.74 Å². The van der Waals surface area contributed by atoms with Crippen LogP contribution in [0.1, 0.15) is 20.8 Å². The average Bonchev–Trinajstić information content (AvgIpc) is 2.56. The molecule has 130 valence electrons. The molecule has 0 N–H and O–H groups in total. The van der Waals surface area contributed by atoms with E-state index in [9.17, 15) is 0 Å². The van der Waals surface area contributed by atoms with E-state index in [0.29, 0.717) is 13.2 Å². The van der Waals surface area contributed by atoms with Crippen LogP contribution in [0.3, 0.4) is 0 Å². The van der Waals surface area contributed by atoms with Crippen molar-refractivity contribution >= 4 is 8.80 Å². The van der Waals surface area contributed by atoms with E-state index in [-0.39, 0.29) is 0 Å². The lowest BCUT2D eigenvalue weighted by atomic mass is 10.1. The van der Waals surface area contributed by atoms with Gasteiger partial charge in [-0.2, -0.15) is 0 Å². The van der Waals surface area contributed by atoms with Crippen molar-refractivity contribution in [3.05, 3.63) is 54.6 Å². The quantitative estimate of drug-likeness (QED) is 0.485. The Bertz CT molecular complexity index is 612. The molecule has 2 aromatic rings. The Morgan fingerprint density at radius 3 is 2.12 bits per heavy atom. The second-order valence-electron chi connectivity index (χ2n) is 5.43. The fourth-order valence-corrected chi connectivity index (χ4v) is 4.45. The van der Waals surface area contributed by atoms with Gasteiger partial charge in [-0.05, 0) is 44.0 Å². The molecule has 0 aliphatic carbocycles. The monoisotopic (exact) mass is 346 g/mol. The van der Waals surface area contributed by atoms with Gasteiger partial charge < -0.3 is 18.0 Å². The van der Waals surface area contributed by atoms with E-state index < -0.39 is 15.1 Å². The zero-order valence-electron chi connectivity index (χ0n) is 14.8. The normalized spacial score (nSPS) is 12.8. The first kappa shape index (κ1) is 18.7. The van der Waals surface area contributed by atoms with Gasteiger partial charge in [-0.25, -0.2) is 0 Å². The lowest BCUT2D eigenvalue weighted by Gasteiger charge is -2.28. The molecule has 0 aliphatic heterocycles. The van der Waals surface area contributed by atoms with Crippen molar-refractivity contribution in [2.24, 2.45) is 0 Å². The fraction of sp³-hybridized carbons (Fsp3) is 0.368. The van der Waals surface area contributed by atoms with Crippen molar-refractivity contribution in [1.29, 1.82) is 0 Å². The molecule has 0 aliphatic rings. The molecular weight excluding hydrogens is 320 g/mol.